The maximum atomic E-state index is 12.0. The number of ether oxygens (including phenoxy) is 1. The molecule has 2 N–H and O–H groups in total. The largest absolute Gasteiger partial charge is 0.452 e. The van der Waals surface area contributed by atoms with Crippen molar-refractivity contribution in [3.63, 3.8) is 0 Å². The molecule has 1 aromatic heterocycles. The van der Waals surface area contributed by atoms with Crippen molar-refractivity contribution in [1.29, 1.82) is 0 Å². The summed E-state index contributed by atoms with van der Waals surface area (Å²) >= 11 is 0. The molecule has 0 radical (unpaired) electrons. The lowest BCUT2D eigenvalue weighted by atomic mass is 10.2. The molecule has 0 bridgehead atoms. The number of carbonyl (C=O) groups is 3. The highest BCUT2D eigenvalue weighted by atomic mass is 16.5. The van der Waals surface area contributed by atoms with Crippen LogP contribution in [0.4, 0.5) is 11.4 Å². The van der Waals surface area contributed by atoms with Crippen LogP contribution in [0.2, 0.25) is 0 Å². The van der Waals surface area contributed by atoms with Crippen LogP contribution in [-0.2, 0) is 19.1 Å². The molecular formula is C22H25N3O4. The Hall–Kier alpha value is -3.35. The van der Waals surface area contributed by atoms with E-state index >= 15 is 0 Å². The Morgan fingerprint density at radius 2 is 1.83 bits per heavy atom. The average Bonchev–Trinajstić information content (AvgIpc) is 3.43. The maximum absolute atomic E-state index is 12.0. The van der Waals surface area contributed by atoms with Crippen LogP contribution in [0, 0.1) is 13.8 Å². The molecule has 152 valence electrons. The van der Waals surface area contributed by atoms with E-state index in [0.29, 0.717) is 17.4 Å². The number of carbonyl (C=O) groups excluding carboxylic acids is 3. The minimum atomic E-state index is -0.580. The van der Waals surface area contributed by atoms with Crippen LogP contribution < -0.4 is 10.6 Å². The van der Waals surface area contributed by atoms with Crippen LogP contribution in [0.1, 0.15) is 42.8 Å². The summed E-state index contributed by atoms with van der Waals surface area (Å²) in [6.45, 7) is 5.11. The molecule has 0 aliphatic heterocycles. The average molecular weight is 395 g/mol. The molecule has 1 aromatic carbocycles. The second-order valence-corrected chi connectivity index (χ2v) is 7.18. The van der Waals surface area contributed by atoms with Gasteiger partial charge in [-0.05, 0) is 62.6 Å². The number of nitrogens with one attached hydrogen (secondary N) is 2. The van der Waals surface area contributed by atoms with Gasteiger partial charge in [0.2, 0.25) is 5.91 Å². The highest BCUT2D eigenvalue weighted by Crippen LogP contribution is 2.38. The molecule has 7 heteroatoms. The number of aromatic nitrogens is 1. The molecule has 0 spiro atoms. The zero-order valence-electron chi connectivity index (χ0n) is 16.8. The van der Waals surface area contributed by atoms with Gasteiger partial charge >= 0.3 is 5.97 Å². The minimum Gasteiger partial charge on any atom is -0.452 e. The van der Waals surface area contributed by atoms with E-state index in [9.17, 15) is 14.4 Å². The monoisotopic (exact) mass is 395 g/mol. The Bertz CT molecular complexity index is 970. The molecule has 0 atom stereocenters. The summed E-state index contributed by atoms with van der Waals surface area (Å²) in [5.74, 6) is -1.24. The molecule has 2 aromatic rings. The molecule has 0 saturated heterocycles. The van der Waals surface area contributed by atoms with Gasteiger partial charge in [-0.3, -0.25) is 9.59 Å². The SMILES string of the molecule is CC(=O)Nc1cccc(NC(=O)COC(=O)/C=C/c2cc(C)n(C3CC3)c2C)c1. The smallest absolute Gasteiger partial charge is 0.331 e. The zero-order valence-corrected chi connectivity index (χ0v) is 16.8. The molecule has 1 heterocycles. The molecule has 3 rings (SSSR count). The van der Waals surface area contributed by atoms with Crippen LogP contribution >= 0.6 is 0 Å². The molecule has 1 aliphatic carbocycles. The predicted molar refractivity (Wildman–Crippen MR) is 112 cm³/mol. The standard InChI is InChI=1S/C22H25N3O4/c1-14-11-17(15(2)25(14)20-8-9-20)7-10-22(28)29-13-21(27)24-19-6-4-5-18(12-19)23-16(3)26/h4-7,10-12,20H,8-9,13H2,1-3H3,(H,23,26)(H,24,27)/b10-7+. The van der Waals surface area contributed by atoms with Crippen molar-refractivity contribution < 1.29 is 19.1 Å². The molecule has 1 saturated carbocycles. The molecule has 29 heavy (non-hydrogen) atoms. The fourth-order valence-electron chi connectivity index (χ4n) is 3.28. The van der Waals surface area contributed by atoms with Crippen molar-refractivity contribution in [3.8, 4) is 0 Å². The van der Waals surface area contributed by atoms with Crippen LogP contribution in [0.5, 0.6) is 0 Å². The molecular weight excluding hydrogens is 370 g/mol. The number of nitrogens with zero attached hydrogens (tertiary/aromatic N) is 1. The summed E-state index contributed by atoms with van der Waals surface area (Å²) in [6.07, 6.45) is 5.46. The number of aryl methyl sites for hydroxylation is 1. The fraction of sp³-hybridized carbons (Fsp3) is 0.318. The fourth-order valence-corrected chi connectivity index (χ4v) is 3.28. The molecule has 2 amide bonds. The Labute approximate surface area is 169 Å². The Morgan fingerprint density at radius 1 is 1.14 bits per heavy atom. The van der Waals surface area contributed by atoms with Gasteiger partial charge in [0, 0.05) is 41.8 Å². The summed E-state index contributed by atoms with van der Waals surface area (Å²) in [6, 6.07) is 9.34. The van der Waals surface area contributed by atoms with Crippen molar-refractivity contribution >= 4 is 35.2 Å². The Balaban J connectivity index is 1.50. The third kappa shape index (κ3) is 5.57. The van der Waals surface area contributed by atoms with E-state index in [4.69, 9.17) is 4.74 Å². The lowest BCUT2D eigenvalue weighted by molar-refractivity contribution is -0.142. The number of esters is 1. The second-order valence-electron chi connectivity index (χ2n) is 7.18. The Kier molecular flexibility index (Phi) is 6.16. The van der Waals surface area contributed by atoms with E-state index in [1.54, 1.807) is 30.3 Å². The zero-order chi connectivity index (χ0) is 21.0. The third-order valence-electron chi connectivity index (χ3n) is 4.65. The van der Waals surface area contributed by atoms with Crippen LogP contribution in [-0.4, -0.2) is 29.0 Å². The topological polar surface area (TPSA) is 89.4 Å². The first-order valence-electron chi connectivity index (χ1n) is 9.54. The summed E-state index contributed by atoms with van der Waals surface area (Å²) in [4.78, 5) is 35.1. The first-order chi connectivity index (χ1) is 13.8. The number of anilines is 2. The molecule has 1 aliphatic rings. The van der Waals surface area contributed by atoms with Gasteiger partial charge in [-0.2, -0.15) is 0 Å². The summed E-state index contributed by atoms with van der Waals surface area (Å²) in [7, 11) is 0. The lowest BCUT2D eigenvalue weighted by Gasteiger charge is -2.08. The van der Waals surface area contributed by atoms with Gasteiger partial charge in [-0.1, -0.05) is 6.07 Å². The van der Waals surface area contributed by atoms with Crippen LogP contribution in [0.15, 0.2) is 36.4 Å². The normalized spacial score (nSPS) is 13.3. The summed E-state index contributed by atoms with van der Waals surface area (Å²) < 4.78 is 7.31. The van der Waals surface area contributed by atoms with Crippen molar-refractivity contribution in [2.24, 2.45) is 0 Å². The van der Waals surface area contributed by atoms with Gasteiger partial charge in [0.05, 0.1) is 0 Å². The van der Waals surface area contributed by atoms with Crippen molar-refractivity contribution in [1.82, 2.24) is 4.57 Å². The summed E-state index contributed by atoms with van der Waals surface area (Å²) in [5.41, 5.74) is 4.36. The number of benzene rings is 1. The minimum absolute atomic E-state index is 0.202. The van der Waals surface area contributed by atoms with Gasteiger partial charge in [0.15, 0.2) is 6.61 Å². The van der Waals surface area contributed by atoms with Gasteiger partial charge in [0.1, 0.15) is 0 Å². The van der Waals surface area contributed by atoms with E-state index < -0.39 is 18.5 Å². The quantitative estimate of drug-likeness (QED) is 0.554. The Morgan fingerprint density at radius 3 is 2.48 bits per heavy atom. The third-order valence-corrected chi connectivity index (χ3v) is 4.65. The van der Waals surface area contributed by atoms with Crippen LogP contribution in [0.3, 0.4) is 0 Å². The highest BCUT2D eigenvalue weighted by molar-refractivity contribution is 5.95. The number of rotatable bonds is 7. The van der Waals surface area contributed by atoms with E-state index in [0.717, 1.165) is 11.3 Å². The van der Waals surface area contributed by atoms with Gasteiger partial charge < -0.3 is 19.9 Å². The van der Waals surface area contributed by atoms with E-state index in [1.165, 1.54) is 31.5 Å². The van der Waals surface area contributed by atoms with Crippen molar-refractivity contribution in [3.05, 3.63) is 53.4 Å². The molecule has 1 fully saturated rings. The number of amides is 2. The van der Waals surface area contributed by atoms with Gasteiger partial charge in [0.25, 0.3) is 5.91 Å². The summed E-state index contributed by atoms with van der Waals surface area (Å²) in [5, 5.41) is 5.26. The number of hydrogen-bond acceptors (Lipinski definition) is 4. The maximum Gasteiger partial charge on any atom is 0.331 e. The number of hydrogen-bond donors (Lipinski definition) is 2. The van der Waals surface area contributed by atoms with Gasteiger partial charge in [-0.25, -0.2) is 4.79 Å². The van der Waals surface area contributed by atoms with E-state index in [-0.39, 0.29) is 5.91 Å². The first kappa shape index (κ1) is 20.4. The van der Waals surface area contributed by atoms with Gasteiger partial charge in [-0.15, -0.1) is 0 Å². The van der Waals surface area contributed by atoms with E-state index in [1.807, 2.05) is 13.0 Å². The first-order valence-corrected chi connectivity index (χ1v) is 9.54. The van der Waals surface area contributed by atoms with Crippen LogP contribution in [0.25, 0.3) is 6.08 Å². The molecule has 0 unspecified atom stereocenters. The second kappa shape index (κ2) is 8.77. The predicted octanol–water partition coefficient (Wildman–Crippen LogP) is 3.59. The highest BCUT2D eigenvalue weighted by Gasteiger charge is 2.26. The van der Waals surface area contributed by atoms with Crippen molar-refractivity contribution in [2.45, 2.75) is 39.7 Å². The molecule has 7 nitrogen and oxygen atoms in total. The lowest BCUT2D eigenvalue weighted by Crippen LogP contribution is -2.20. The van der Waals surface area contributed by atoms with Crippen molar-refractivity contribution in [2.75, 3.05) is 17.2 Å². The van der Waals surface area contributed by atoms with E-state index in [2.05, 4.69) is 22.1 Å².